The second kappa shape index (κ2) is 7.72. The lowest BCUT2D eigenvalue weighted by Gasteiger charge is -2.25. The van der Waals surface area contributed by atoms with E-state index < -0.39 is 0 Å². The Morgan fingerprint density at radius 3 is 2.45 bits per heavy atom. The van der Waals surface area contributed by atoms with Crippen LogP contribution in [-0.2, 0) is 16.0 Å². The molecule has 1 aromatic rings. The second-order valence-corrected chi connectivity index (χ2v) is 6.99. The molecule has 0 atom stereocenters. The van der Waals surface area contributed by atoms with Gasteiger partial charge in [0.1, 0.15) is 5.82 Å². The normalized spacial score (nSPS) is 11.2. The van der Waals surface area contributed by atoms with E-state index in [4.69, 9.17) is 0 Å². The van der Waals surface area contributed by atoms with Crippen molar-refractivity contribution in [1.82, 2.24) is 10.2 Å². The fourth-order valence-corrected chi connectivity index (χ4v) is 2.37. The zero-order valence-electron chi connectivity index (χ0n) is 13.4. The van der Waals surface area contributed by atoms with Gasteiger partial charge in [-0.1, -0.05) is 6.07 Å². The van der Waals surface area contributed by atoms with Gasteiger partial charge in [0.15, 0.2) is 0 Å². The van der Waals surface area contributed by atoms with Gasteiger partial charge in [-0.05, 0) is 61.3 Å². The van der Waals surface area contributed by atoms with Gasteiger partial charge in [0.05, 0.1) is 17.4 Å². The first-order valence-corrected chi connectivity index (χ1v) is 7.94. The maximum absolute atomic E-state index is 13.2. The summed E-state index contributed by atoms with van der Waals surface area (Å²) in [5, 5.41) is 2.83. The van der Waals surface area contributed by atoms with Gasteiger partial charge in [0.25, 0.3) is 0 Å². The van der Waals surface area contributed by atoms with Gasteiger partial charge in [-0.15, -0.1) is 0 Å². The minimum absolute atomic E-state index is 0.0228. The van der Waals surface area contributed by atoms with Crippen LogP contribution in [0.15, 0.2) is 22.7 Å². The molecular weight excluding hydrogens is 351 g/mol. The van der Waals surface area contributed by atoms with Crippen LogP contribution in [0.25, 0.3) is 0 Å². The van der Waals surface area contributed by atoms with Gasteiger partial charge >= 0.3 is 0 Å². The Morgan fingerprint density at radius 1 is 1.32 bits per heavy atom. The lowest BCUT2D eigenvalue weighted by Crippen LogP contribution is -2.47. The molecule has 0 bridgehead atoms. The van der Waals surface area contributed by atoms with Crippen molar-refractivity contribution in [1.29, 1.82) is 0 Å². The van der Waals surface area contributed by atoms with Crippen LogP contribution in [0.1, 0.15) is 33.3 Å². The molecule has 22 heavy (non-hydrogen) atoms. The molecule has 0 spiro atoms. The molecule has 0 fully saturated rings. The summed E-state index contributed by atoms with van der Waals surface area (Å²) in [5.74, 6) is -0.721. The average molecular weight is 373 g/mol. The molecule has 4 nitrogen and oxygen atoms in total. The molecule has 1 N–H and O–H groups in total. The lowest BCUT2D eigenvalue weighted by atomic mass is 10.1. The van der Waals surface area contributed by atoms with E-state index in [9.17, 15) is 14.0 Å². The summed E-state index contributed by atoms with van der Waals surface area (Å²) in [6, 6.07) is 4.46. The van der Waals surface area contributed by atoms with Gasteiger partial charge in [-0.3, -0.25) is 9.59 Å². The third kappa shape index (κ3) is 6.13. The first-order valence-electron chi connectivity index (χ1n) is 7.15. The number of amides is 2. The van der Waals surface area contributed by atoms with Gasteiger partial charge < -0.3 is 10.2 Å². The molecule has 0 aliphatic heterocycles. The SMILES string of the molecule is CCN(CC(=O)NC(C)(C)C)C(=O)Cc1ccc(F)c(Br)c1. The summed E-state index contributed by atoms with van der Waals surface area (Å²) in [6.07, 6.45) is 0.134. The van der Waals surface area contributed by atoms with E-state index in [1.165, 1.54) is 11.0 Å². The van der Waals surface area contributed by atoms with Crippen molar-refractivity contribution in [2.24, 2.45) is 0 Å². The zero-order chi connectivity index (χ0) is 16.9. The Bertz CT molecular complexity index is 556. The number of hydrogen-bond acceptors (Lipinski definition) is 2. The van der Waals surface area contributed by atoms with Crippen molar-refractivity contribution in [2.75, 3.05) is 13.1 Å². The highest BCUT2D eigenvalue weighted by molar-refractivity contribution is 9.10. The topological polar surface area (TPSA) is 49.4 Å². The van der Waals surface area contributed by atoms with Crippen LogP contribution in [0.3, 0.4) is 0 Å². The Labute approximate surface area is 139 Å². The van der Waals surface area contributed by atoms with E-state index >= 15 is 0 Å². The smallest absolute Gasteiger partial charge is 0.240 e. The predicted molar refractivity (Wildman–Crippen MR) is 88.0 cm³/mol. The summed E-state index contributed by atoms with van der Waals surface area (Å²) in [5.41, 5.74) is 0.370. The minimum atomic E-state index is -0.367. The molecule has 1 aromatic carbocycles. The molecular formula is C16H22BrFN2O2. The highest BCUT2D eigenvalue weighted by Gasteiger charge is 2.19. The lowest BCUT2D eigenvalue weighted by molar-refractivity contribution is -0.135. The average Bonchev–Trinajstić information content (AvgIpc) is 2.38. The van der Waals surface area contributed by atoms with Crippen LogP contribution in [0.5, 0.6) is 0 Å². The highest BCUT2D eigenvalue weighted by atomic mass is 79.9. The maximum Gasteiger partial charge on any atom is 0.240 e. The van der Waals surface area contributed by atoms with Crippen molar-refractivity contribution in [3.05, 3.63) is 34.1 Å². The summed E-state index contributed by atoms with van der Waals surface area (Å²) in [4.78, 5) is 25.7. The van der Waals surface area contributed by atoms with Crippen molar-refractivity contribution < 1.29 is 14.0 Å². The Balaban J connectivity index is 2.68. The Kier molecular flexibility index (Phi) is 6.53. The van der Waals surface area contributed by atoms with Gasteiger partial charge in [0, 0.05) is 12.1 Å². The van der Waals surface area contributed by atoms with Crippen LogP contribution in [0, 0.1) is 5.82 Å². The molecule has 0 aromatic heterocycles. The molecule has 0 saturated heterocycles. The quantitative estimate of drug-likeness (QED) is 0.863. The number of nitrogens with one attached hydrogen (secondary N) is 1. The summed E-state index contributed by atoms with van der Waals surface area (Å²) in [7, 11) is 0. The zero-order valence-corrected chi connectivity index (χ0v) is 15.0. The number of nitrogens with zero attached hydrogens (tertiary/aromatic N) is 1. The van der Waals surface area contributed by atoms with E-state index in [1.807, 2.05) is 27.7 Å². The number of likely N-dealkylation sites (N-methyl/N-ethyl adjacent to an activating group) is 1. The fraction of sp³-hybridized carbons (Fsp3) is 0.500. The molecule has 6 heteroatoms. The Hall–Kier alpha value is -1.43. The van der Waals surface area contributed by atoms with E-state index in [-0.39, 0.29) is 36.1 Å². The van der Waals surface area contributed by atoms with Gasteiger partial charge in [0.2, 0.25) is 11.8 Å². The van der Waals surface area contributed by atoms with Crippen LogP contribution >= 0.6 is 15.9 Å². The van der Waals surface area contributed by atoms with Gasteiger partial charge in [-0.25, -0.2) is 4.39 Å². The monoisotopic (exact) mass is 372 g/mol. The number of benzene rings is 1. The minimum Gasteiger partial charge on any atom is -0.350 e. The predicted octanol–water partition coefficient (Wildman–Crippen LogP) is 2.89. The summed E-state index contributed by atoms with van der Waals surface area (Å²) in [6.45, 7) is 7.95. The van der Waals surface area contributed by atoms with Crippen LogP contribution in [-0.4, -0.2) is 35.3 Å². The first-order chi connectivity index (χ1) is 10.1. The summed E-state index contributed by atoms with van der Waals surface area (Å²) < 4.78 is 13.5. The fourth-order valence-electron chi connectivity index (χ4n) is 1.94. The van der Waals surface area contributed by atoms with Crippen molar-refractivity contribution in [3.63, 3.8) is 0 Å². The largest absolute Gasteiger partial charge is 0.350 e. The third-order valence-corrected chi connectivity index (χ3v) is 3.53. The van der Waals surface area contributed by atoms with E-state index in [0.29, 0.717) is 16.6 Å². The number of halogens is 2. The second-order valence-electron chi connectivity index (χ2n) is 6.13. The highest BCUT2D eigenvalue weighted by Crippen LogP contribution is 2.17. The van der Waals surface area contributed by atoms with E-state index in [2.05, 4.69) is 21.2 Å². The van der Waals surface area contributed by atoms with Crippen LogP contribution < -0.4 is 5.32 Å². The molecule has 0 aliphatic rings. The molecule has 0 unspecified atom stereocenters. The first kappa shape index (κ1) is 18.6. The molecule has 1 rings (SSSR count). The number of carbonyl (C=O) groups excluding carboxylic acids is 2. The standard InChI is InChI=1S/C16H22BrFN2O2/c1-5-20(10-14(21)19-16(2,3)4)15(22)9-11-6-7-13(18)12(17)8-11/h6-8H,5,9-10H2,1-4H3,(H,19,21). The van der Waals surface area contributed by atoms with Crippen molar-refractivity contribution in [3.8, 4) is 0 Å². The maximum atomic E-state index is 13.2. The van der Waals surface area contributed by atoms with Crippen LogP contribution in [0.2, 0.25) is 0 Å². The number of hydrogen-bond donors (Lipinski definition) is 1. The van der Waals surface area contributed by atoms with Crippen molar-refractivity contribution >= 4 is 27.7 Å². The van der Waals surface area contributed by atoms with Crippen molar-refractivity contribution in [2.45, 2.75) is 39.7 Å². The molecule has 0 heterocycles. The van der Waals surface area contributed by atoms with E-state index in [1.54, 1.807) is 12.1 Å². The molecule has 2 amide bonds. The molecule has 0 saturated carbocycles. The van der Waals surface area contributed by atoms with E-state index in [0.717, 1.165) is 0 Å². The summed E-state index contributed by atoms with van der Waals surface area (Å²) >= 11 is 3.10. The molecule has 0 aliphatic carbocycles. The molecule has 0 radical (unpaired) electrons. The third-order valence-electron chi connectivity index (χ3n) is 2.92. The van der Waals surface area contributed by atoms with Crippen LogP contribution in [0.4, 0.5) is 4.39 Å². The number of carbonyl (C=O) groups is 2. The molecule has 122 valence electrons. The van der Waals surface area contributed by atoms with Gasteiger partial charge in [-0.2, -0.15) is 0 Å². The Morgan fingerprint density at radius 2 is 1.95 bits per heavy atom. The number of rotatable bonds is 5.